The van der Waals surface area contributed by atoms with Gasteiger partial charge in [-0.25, -0.2) is 0 Å². The van der Waals surface area contributed by atoms with Crippen molar-refractivity contribution in [3.63, 3.8) is 0 Å². The summed E-state index contributed by atoms with van der Waals surface area (Å²) in [6.07, 6.45) is 2.96. The van der Waals surface area contributed by atoms with Gasteiger partial charge in [0.2, 0.25) is 0 Å². The van der Waals surface area contributed by atoms with Crippen LogP contribution in [-0.4, -0.2) is 48.4 Å². The van der Waals surface area contributed by atoms with Gasteiger partial charge in [0.1, 0.15) is 0 Å². The van der Waals surface area contributed by atoms with Crippen molar-refractivity contribution >= 4 is 5.91 Å². The van der Waals surface area contributed by atoms with Crippen LogP contribution in [0.2, 0.25) is 0 Å². The van der Waals surface area contributed by atoms with Crippen LogP contribution in [0, 0.1) is 0 Å². The smallest absolute Gasteiger partial charge is 0.253 e. The monoisotopic (exact) mass is 300 g/mol. The van der Waals surface area contributed by atoms with Gasteiger partial charge in [-0.15, -0.1) is 6.58 Å². The number of benzene rings is 1. The fraction of sp³-hybridized carbons (Fsp3) is 0.526. The Morgan fingerprint density at radius 2 is 1.82 bits per heavy atom. The molecule has 3 nitrogen and oxygen atoms in total. The fourth-order valence-electron chi connectivity index (χ4n) is 2.83. The molecule has 1 amide bonds. The summed E-state index contributed by atoms with van der Waals surface area (Å²) >= 11 is 0. The van der Waals surface area contributed by atoms with Crippen molar-refractivity contribution in [2.75, 3.05) is 32.7 Å². The second-order valence-corrected chi connectivity index (χ2v) is 7.06. The maximum absolute atomic E-state index is 12.7. The Bertz CT molecular complexity index is 513. The lowest BCUT2D eigenvalue weighted by molar-refractivity contribution is 0.0762. The molecule has 0 aliphatic carbocycles. The SMILES string of the molecule is C=CCN1CCCN(C(=O)c2ccc(C(C)(C)C)cc2)CC1. The summed E-state index contributed by atoms with van der Waals surface area (Å²) in [7, 11) is 0. The molecule has 1 aliphatic heterocycles. The molecule has 0 unspecified atom stereocenters. The van der Waals surface area contributed by atoms with Gasteiger partial charge in [0.25, 0.3) is 5.91 Å². The molecule has 1 fully saturated rings. The van der Waals surface area contributed by atoms with Crippen molar-refractivity contribution in [2.45, 2.75) is 32.6 Å². The van der Waals surface area contributed by atoms with Crippen molar-refractivity contribution in [1.29, 1.82) is 0 Å². The van der Waals surface area contributed by atoms with Crippen molar-refractivity contribution in [1.82, 2.24) is 9.80 Å². The highest BCUT2D eigenvalue weighted by Crippen LogP contribution is 2.22. The first-order valence-electron chi connectivity index (χ1n) is 8.15. The number of amides is 1. The van der Waals surface area contributed by atoms with Crippen LogP contribution < -0.4 is 0 Å². The van der Waals surface area contributed by atoms with E-state index in [-0.39, 0.29) is 11.3 Å². The van der Waals surface area contributed by atoms with Crippen LogP contribution in [0.5, 0.6) is 0 Å². The van der Waals surface area contributed by atoms with E-state index in [0.29, 0.717) is 0 Å². The maximum Gasteiger partial charge on any atom is 0.253 e. The van der Waals surface area contributed by atoms with E-state index in [4.69, 9.17) is 0 Å². The van der Waals surface area contributed by atoms with Crippen LogP contribution in [-0.2, 0) is 5.41 Å². The highest BCUT2D eigenvalue weighted by atomic mass is 16.2. The zero-order chi connectivity index (χ0) is 16.2. The third-order valence-corrected chi connectivity index (χ3v) is 4.26. The van der Waals surface area contributed by atoms with E-state index in [1.54, 1.807) is 0 Å². The number of carbonyl (C=O) groups excluding carboxylic acids is 1. The summed E-state index contributed by atoms with van der Waals surface area (Å²) in [6, 6.07) is 8.09. The highest BCUT2D eigenvalue weighted by molar-refractivity contribution is 5.94. The van der Waals surface area contributed by atoms with Gasteiger partial charge in [-0.05, 0) is 29.5 Å². The molecule has 0 aromatic heterocycles. The van der Waals surface area contributed by atoms with Gasteiger partial charge in [-0.3, -0.25) is 9.69 Å². The normalized spacial score (nSPS) is 17.1. The standard InChI is InChI=1S/C19H28N2O/c1-5-11-20-12-6-13-21(15-14-20)18(22)16-7-9-17(10-8-16)19(2,3)4/h5,7-10H,1,6,11-15H2,2-4H3. The number of hydrogen-bond donors (Lipinski definition) is 0. The van der Waals surface area contributed by atoms with Crippen LogP contribution >= 0.6 is 0 Å². The van der Waals surface area contributed by atoms with Gasteiger partial charge < -0.3 is 4.90 Å². The Morgan fingerprint density at radius 1 is 1.14 bits per heavy atom. The molecule has 1 aromatic rings. The Balaban J connectivity index is 2.03. The predicted octanol–water partition coefficient (Wildman–Crippen LogP) is 3.32. The first kappa shape index (κ1) is 16.8. The zero-order valence-corrected chi connectivity index (χ0v) is 14.1. The van der Waals surface area contributed by atoms with E-state index in [1.807, 2.05) is 23.1 Å². The van der Waals surface area contributed by atoms with Crippen molar-refractivity contribution in [3.8, 4) is 0 Å². The van der Waals surface area contributed by atoms with Crippen LogP contribution in [0.4, 0.5) is 0 Å². The molecule has 3 heteroatoms. The quantitative estimate of drug-likeness (QED) is 0.800. The van der Waals surface area contributed by atoms with Gasteiger partial charge in [0, 0.05) is 38.3 Å². The van der Waals surface area contributed by atoms with E-state index >= 15 is 0 Å². The molecule has 0 bridgehead atoms. The highest BCUT2D eigenvalue weighted by Gasteiger charge is 2.20. The Kier molecular flexibility index (Phi) is 5.41. The Labute approximate surface area is 134 Å². The fourth-order valence-corrected chi connectivity index (χ4v) is 2.83. The van der Waals surface area contributed by atoms with E-state index < -0.39 is 0 Å². The minimum atomic E-state index is 0.120. The van der Waals surface area contributed by atoms with Gasteiger partial charge in [-0.1, -0.05) is 39.0 Å². The van der Waals surface area contributed by atoms with E-state index in [1.165, 1.54) is 5.56 Å². The van der Waals surface area contributed by atoms with Crippen molar-refractivity contribution in [2.24, 2.45) is 0 Å². The third kappa shape index (κ3) is 4.20. The Morgan fingerprint density at radius 3 is 2.41 bits per heavy atom. The molecule has 1 saturated heterocycles. The summed E-state index contributed by atoms with van der Waals surface area (Å²) in [6.45, 7) is 14.9. The second kappa shape index (κ2) is 7.10. The first-order valence-corrected chi connectivity index (χ1v) is 8.15. The number of nitrogens with zero attached hydrogens (tertiary/aromatic N) is 2. The molecule has 1 aromatic carbocycles. The van der Waals surface area contributed by atoms with Crippen LogP contribution in [0.1, 0.15) is 43.1 Å². The van der Waals surface area contributed by atoms with Gasteiger partial charge in [-0.2, -0.15) is 0 Å². The van der Waals surface area contributed by atoms with E-state index in [2.05, 4.69) is 44.4 Å². The van der Waals surface area contributed by atoms with Crippen molar-refractivity contribution < 1.29 is 4.79 Å². The lowest BCUT2D eigenvalue weighted by Crippen LogP contribution is -2.35. The second-order valence-electron chi connectivity index (χ2n) is 7.06. The summed E-state index contributed by atoms with van der Waals surface area (Å²) in [5, 5.41) is 0. The van der Waals surface area contributed by atoms with E-state index in [0.717, 1.165) is 44.7 Å². The summed E-state index contributed by atoms with van der Waals surface area (Å²) < 4.78 is 0. The third-order valence-electron chi connectivity index (χ3n) is 4.26. The van der Waals surface area contributed by atoms with Gasteiger partial charge >= 0.3 is 0 Å². The lowest BCUT2D eigenvalue weighted by atomic mass is 9.86. The summed E-state index contributed by atoms with van der Waals surface area (Å²) in [4.78, 5) is 17.0. The molecular weight excluding hydrogens is 272 g/mol. The van der Waals surface area contributed by atoms with E-state index in [9.17, 15) is 4.79 Å². The zero-order valence-electron chi connectivity index (χ0n) is 14.1. The molecule has 0 radical (unpaired) electrons. The molecule has 1 heterocycles. The molecular formula is C19H28N2O. The topological polar surface area (TPSA) is 23.6 Å². The average molecular weight is 300 g/mol. The van der Waals surface area contributed by atoms with Crippen LogP contribution in [0.25, 0.3) is 0 Å². The van der Waals surface area contributed by atoms with Crippen LogP contribution in [0.15, 0.2) is 36.9 Å². The largest absolute Gasteiger partial charge is 0.337 e. The number of hydrogen-bond acceptors (Lipinski definition) is 2. The minimum absolute atomic E-state index is 0.120. The predicted molar refractivity (Wildman–Crippen MR) is 92.3 cm³/mol. The molecule has 1 aliphatic rings. The van der Waals surface area contributed by atoms with Crippen LogP contribution in [0.3, 0.4) is 0 Å². The molecule has 0 atom stereocenters. The number of carbonyl (C=O) groups is 1. The van der Waals surface area contributed by atoms with Crippen molar-refractivity contribution in [3.05, 3.63) is 48.0 Å². The molecule has 120 valence electrons. The summed E-state index contributed by atoms with van der Waals surface area (Å²) in [5.41, 5.74) is 2.18. The molecule has 2 rings (SSSR count). The lowest BCUT2D eigenvalue weighted by Gasteiger charge is -2.22. The maximum atomic E-state index is 12.7. The number of rotatable bonds is 3. The first-order chi connectivity index (χ1) is 10.4. The molecule has 0 spiro atoms. The summed E-state index contributed by atoms with van der Waals surface area (Å²) in [5.74, 6) is 0.154. The molecule has 22 heavy (non-hydrogen) atoms. The van der Waals surface area contributed by atoms with Gasteiger partial charge in [0.15, 0.2) is 0 Å². The molecule has 0 N–H and O–H groups in total. The average Bonchev–Trinajstić information content (AvgIpc) is 2.72. The Hall–Kier alpha value is -1.61. The van der Waals surface area contributed by atoms with Gasteiger partial charge in [0.05, 0.1) is 0 Å². The minimum Gasteiger partial charge on any atom is -0.337 e. The molecule has 0 saturated carbocycles.